The molecule has 1 aliphatic heterocycles. The van der Waals surface area contributed by atoms with E-state index in [0.717, 1.165) is 18.5 Å². The standard InChI is InChI=1S/C18H19N3/c1-12-6-5-9-16-17(12)21(2)18(20-16)14-10-11-19-15-8-4-3-7-13(14)15/h3-9,14,19H,10-11H2,1-2H3. The van der Waals surface area contributed by atoms with Crippen LogP contribution in [0.2, 0.25) is 0 Å². The van der Waals surface area contributed by atoms with E-state index in [1.54, 1.807) is 0 Å². The van der Waals surface area contributed by atoms with Gasteiger partial charge in [-0.2, -0.15) is 0 Å². The molecule has 2 heterocycles. The van der Waals surface area contributed by atoms with Gasteiger partial charge in [-0.1, -0.05) is 30.3 Å². The fourth-order valence-corrected chi connectivity index (χ4v) is 3.53. The monoisotopic (exact) mass is 277 g/mol. The van der Waals surface area contributed by atoms with Crippen molar-refractivity contribution in [1.29, 1.82) is 0 Å². The van der Waals surface area contributed by atoms with Gasteiger partial charge in [0.25, 0.3) is 0 Å². The zero-order chi connectivity index (χ0) is 14.4. The number of nitrogens with zero attached hydrogens (tertiary/aromatic N) is 2. The third kappa shape index (κ3) is 1.84. The molecule has 0 saturated heterocycles. The number of rotatable bonds is 1. The van der Waals surface area contributed by atoms with Crippen molar-refractivity contribution in [2.24, 2.45) is 7.05 Å². The molecule has 4 rings (SSSR count). The molecule has 0 spiro atoms. The molecule has 1 N–H and O–H groups in total. The van der Waals surface area contributed by atoms with Gasteiger partial charge in [-0.05, 0) is 36.6 Å². The van der Waals surface area contributed by atoms with Gasteiger partial charge in [0.1, 0.15) is 5.82 Å². The first-order valence-electron chi connectivity index (χ1n) is 7.50. The van der Waals surface area contributed by atoms with Crippen LogP contribution < -0.4 is 5.32 Å². The minimum absolute atomic E-state index is 0.374. The smallest absolute Gasteiger partial charge is 0.117 e. The van der Waals surface area contributed by atoms with Gasteiger partial charge in [-0.25, -0.2) is 4.98 Å². The number of aryl methyl sites for hydroxylation is 2. The SMILES string of the molecule is Cc1cccc2nc(C3CCNc4ccccc43)n(C)c12. The summed E-state index contributed by atoms with van der Waals surface area (Å²) in [7, 11) is 2.14. The number of aromatic nitrogens is 2. The molecule has 3 aromatic rings. The number of benzene rings is 2. The van der Waals surface area contributed by atoms with Crippen LogP contribution in [0.25, 0.3) is 11.0 Å². The Labute approximate surface area is 124 Å². The van der Waals surface area contributed by atoms with Crippen molar-refractivity contribution in [2.75, 3.05) is 11.9 Å². The largest absolute Gasteiger partial charge is 0.385 e. The summed E-state index contributed by atoms with van der Waals surface area (Å²) in [6.45, 7) is 3.16. The Bertz CT molecular complexity index is 816. The third-order valence-electron chi connectivity index (χ3n) is 4.53. The average Bonchev–Trinajstić information content (AvgIpc) is 2.85. The first-order chi connectivity index (χ1) is 10.3. The van der Waals surface area contributed by atoms with Crippen LogP contribution in [0.1, 0.15) is 29.3 Å². The normalized spacial score (nSPS) is 17.5. The van der Waals surface area contributed by atoms with Crippen LogP contribution in [0.5, 0.6) is 0 Å². The highest BCUT2D eigenvalue weighted by Crippen LogP contribution is 2.37. The fourth-order valence-electron chi connectivity index (χ4n) is 3.53. The van der Waals surface area contributed by atoms with Crippen molar-refractivity contribution in [3.8, 4) is 0 Å². The number of hydrogen-bond acceptors (Lipinski definition) is 2. The summed E-state index contributed by atoms with van der Waals surface area (Å²) in [6, 6.07) is 14.9. The molecule has 106 valence electrons. The Kier molecular flexibility index (Phi) is 2.74. The predicted molar refractivity (Wildman–Crippen MR) is 86.8 cm³/mol. The Morgan fingerprint density at radius 2 is 2.00 bits per heavy atom. The highest BCUT2D eigenvalue weighted by atomic mass is 15.1. The van der Waals surface area contributed by atoms with Crippen molar-refractivity contribution < 1.29 is 0 Å². The van der Waals surface area contributed by atoms with Gasteiger partial charge < -0.3 is 9.88 Å². The van der Waals surface area contributed by atoms with Crippen molar-refractivity contribution in [3.05, 3.63) is 59.4 Å². The second-order valence-electron chi connectivity index (χ2n) is 5.83. The number of para-hydroxylation sites is 2. The molecule has 21 heavy (non-hydrogen) atoms. The Morgan fingerprint density at radius 3 is 2.86 bits per heavy atom. The van der Waals surface area contributed by atoms with Gasteiger partial charge in [0.15, 0.2) is 0 Å². The summed E-state index contributed by atoms with van der Waals surface area (Å²) in [5.74, 6) is 1.55. The molecule has 0 radical (unpaired) electrons. The first-order valence-corrected chi connectivity index (χ1v) is 7.50. The molecule has 2 aromatic carbocycles. The van der Waals surface area contributed by atoms with Crippen molar-refractivity contribution in [2.45, 2.75) is 19.3 Å². The molecule has 1 unspecified atom stereocenters. The molecule has 0 aliphatic carbocycles. The zero-order valence-electron chi connectivity index (χ0n) is 12.4. The van der Waals surface area contributed by atoms with E-state index in [9.17, 15) is 0 Å². The fraction of sp³-hybridized carbons (Fsp3) is 0.278. The van der Waals surface area contributed by atoms with Crippen LogP contribution in [-0.2, 0) is 7.05 Å². The van der Waals surface area contributed by atoms with E-state index in [1.165, 1.54) is 28.2 Å². The lowest BCUT2D eigenvalue weighted by atomic mass is 9.90. The summed E-state index contributed by atoms with van der Waals surface area (Å²) in [5.41, 5.74) is 6.25. The predicted octanol–water partition coefficient (Wildman–Crippen LogP) is 3.83. The number of hydrogen-bond donors (Lipinski definition) is 1. The molecule has 3 heteroatoms. The summed E-state index contributed by atoms with van der Waals surface area (Å²) in [5, 5.41) is 3.49. The second-order valence-corrected chi connectivity index (χ2v) is 5.83. The Hall–Kier alpha value is -2.29. The lowest BCUT2D eigenvalue weighted by Gasteiger charge is -2.26. The van der Waals surface area contributed by atoms with Gasteiger partial charge in [-0.3, -0.25) is 0 Å². The Balaban J connectivity index is 1.92. The molecule has 3 nitrogen and oxygen atoms in total. The number of nitrogens with one attached hydrogen (secondary N) is 1. The number of fused-ring (bicyclic) bond motifs is 2. The number of imidazole rings is 1. The zero-order valence-corrected chi connectivity index (χ0v) is 12.4. The summed E-state index contributed by atoms with van der Waals surface area (Å²) >= 11 is 0. The van der Waals surface area contributed by atoms with Gasteiger partial charge in [0.2, 0.25) is 0 Å². The summed E-state index contributed by atoms with van der Waals surface area (Å²) in [6.07, 6.45) is 1.09. The molecule has 1 atom stereocenters. The van der Waals surface area contributed by atoms with Crippen LogP contribution in [-0.4, -0.2) is 16.1 Å². The van der Waals surface area contributed by atoms with Gasteiger partial charge in [0.05, 0.1) is 11.0 Å². The second kappa shape index (κ2) is 4.62. The van der Waals surface area contributed by atoms with Crippen LogP contribution in [0.4, 0.5) is 5.69 Å². The van der Waals surface area contributed by atoms with Gasteiger partial charge in [0, 0.05) is 25.2 Å². The topological polar surface area (TPSA) is 29.9 Å². The highest BCUT2D eigenvalue weighted by molar-refractivity contribution is 5.80. The van der Waals surface area contributed by atoms with Crippen LogP contribution in [0.15, 0.2) is 42.5 Å². The van der Waals surface area contributed by atoms with E-state index in [4.69, 9.17) is 4.98 Å². The molecule has 1 aliphatic rings. The summed E-state index contributed by atoms with van der Waals surface area (Å²) < 4.78 is 2.28. The number of anilines is 1. The maximum absolute atomic E-state index is 4.93. The third-order valence-corrected chi connectivity index (χ3v) is 4.53. The molecule has 0 saturated carbocycles. The molecular weight excluding hydrogens is 258 g/mol. The molecule has 0 fully saturated rings. The van der Waals surface area contributed by atoms with E-state index in [0.29, 0.717) is 5.92 Å². The van der Waals surface area contributed by atoms with Crippen molar-refractivity contribution in [3.63, 3.8) is 0 Å². The summed E-state index contributed by atoms with van der Waals surface area (Å²) in [4.78, 5) is 4.93. The maximum Gasteiger partial charge on any atom is 0.117 e. The molecule has 1 aromatic heterocycles. The molecule has 0 amide bonds. The van der Waals surface area contributed by atoms with E-state index in [1.807, 2.05) is 0 Å². The molecule has 0 bridgehead atoms. The minimum atomic E-state index is 0.374. The van der Waals surface area contributed by atoms with Gasteiger partial charge >= 0.3 is 0 Å². The lowest BCUT2D eigenvalue weighted by molar-refractivity contribution is 0.649. The van der Waals surface area contributed by atoms with Crippen LogP contribution in [0, 0.1) is 6.92 Å². The van der Waals surface area contributed by atoms with E-state index in [-0.39, 0.29) is 0 Å². The van der Waals surface area contributed by atoms with E-state index >= 15 is 0 Å². The highest BCUT2D eigenvalue weighted by Gasteiger charge is 2.25. The van der Waals surface area contributed by atoms with Crippen molar-refractivity contribution >= 4 is 16.7 Å². The van der Waals surface area contributed by atoms with Crippen molar-refractivity contribution in [1.82, 2.24) is 9.55 Å². The van der Waals surface area contributed by atoms with E-state index in [2.05, 4.69) is 66.3 Å². The minimum Gasteiger partial charge on any atom is -0.385 e. The lowest BCUT2D eigenvalue weighted by Crippen LogP contribution is -2.19. The maximum atomic E-state index is 4.93. The van der Waals surface area contributed by atoms with Crippen LogP contribution >= 0.6 is 0 Å². The van der Waals surface area contributed by atoms with Gasteiger partial charge in [-0.15, -0.1) is 0 Å². The quantitative estimate of drug-likeness (QED) is 0.732. The van der Waals surface area contributed by atoms with Crippen LogP contribution in [0.3, 0.4) is 0 Å². The first kappa shape index (κ1) is 12.5. The van der Waals surface area contributed by atoms with E-state index < -0.39 is 0 Å². The molecular formula is C18H19N3. The Morgan fingerprint density at radius 1 is 1.14 bits per heavy atom. The average molecular weight is 277 g/mol.